The Kier molecular flexibility index (Phi) is 8.57. The van der Waals surface area contributed by atoms with Crippen LogP contribution in [-0.2, 0) is 27.0 Å². The fraction of sp³-hybridized carbons (Fsp3) is 0.417. The lowest BCUT2D eigenvalue weighted by Gasteiger charge is -2.36. The van der Waals surface area contributed by atoms with E-state index < -0.39 is 47.4 Å². The van der Waals surface area contributed by atoms with Crippen molar-refractivity contribution in [3.8, 4) is 17.2 Å². The minimum Gasteiger partial charge on any atom is -0.497 e. The van der Waals surface area contributed by atoms with Crippen molar-refractivity contribution in [1.29, 1.82) is 0 Å². The average molecular weight is 534 g/mol. The fourth-order valence-corrected chi connectivity index (χ4v) is 3.72. The number of halogens is 6. The molecule has 0 radical (unpaired) electrons. The molecule has 2 aromatic carbocycles. The monoisotopic (exact) mass is 534 g/mol. The Morgan fingerprint density at radius 2 is 1.59 bits per heavy atom. The lowest BCUT2D eigenvalue weighted by Crippen LogP contribution is -2.61. The van der Waals surface area contributed by atoms with Gasteiger partial charge in [-0.25, -0.2) is 0 Å². The van der Waals surface area contributed by atoms with Gasteiger partial charge in [0.25, 0.3) is 0 Å². The second-order valence-electron chi connectivity index (χ2n) is 8.32. The standard InChI is InChI=1S/C24H24F6N2O5/c1-35-17-6-7-19(18(12-17)24(28,29)30)37-16-4-2-15(3-5-16)14-31-21(34)22(8-10-36-11-9-22)32-20(33)13-23(25,26)27/h2-7,12H,8-11,13-14H2,1H3,(H,31,34)(H,32,33). The second-order valence-corrected chi connectivity index (χ2v) is 8.32. The molecule has 0 aliphatic carbocycles. The van der Waals surface area contributed by atoms with Gasteiger partial charge in [0.1, 0.15) is 34.8 Å². The van der Waals surface area contributed by atoms with Crippen molar-refractivity contribution in [2.24, 2.45) is 0 Å². The summed E-state index contributed by atoms with van der Waals surface area (Å²) in [7, 11) is 1.24. The summed E-state index contributed by atoms with van der Waals surface area (Å²) < 4.78 is 93.3. The molecule has 13 heteroatoms. The zero-order chi connectivity index (χ0) is 27.3. The molecule has 1 saturated heterocycles. The molecule has 0 unspecified atom stereocenters. The lowest BCUT2D eigenvalue weighted by atomic mass is 9.88. The van der Waals surface area contributed by atoms with Crippen molar-refractivity contribution in [3.05, 3.63) is 53.6 Å². The van der Waals surface area contributed by atoms with E-state index in [2.05, 4.69) is 10.6 Å². The van der Waals surface area contributed by atoms with Crippen LogP contribution in [0.15, 0.2) is 42.5 Å². The quantitative estimate of drug-likeness (QED) is 0.478. The van der Waals surface area contributed by atoms with Crippen molar-refractivity contribution in [2.45, 2.75) is 43.7 Å². The molecule has 2 aromatic rings. The lowest BCUT2D eigenvalue weighted by molar-refractivity contribution is -0.158. The smallest absolute Gasteiger partial charge is 0.420 e. The summed E-state index contributed by atoms with van der Waals surface area (Å²) in [5, 5.41) is 4.81. The van der Waals surface area contributed by atoms with Crippen LogP contribution in [0.1, 0.15) is 30.4 Å². The van der Waals surface area contributed by atoms with Crippen LogP contribution in [0.25, 0.3) is 0 Å². The van der Waals surface area contributed by atoms with Crippen molar-refractivity contribution in [3.63, 3.8) is 0 Å². The number of rotatable bonds is 8. The zero-order valence-corrected chi connectivity index (χ0v) is 19.6. The van der Waals surface area contributed by atoms with Gasteiger partial charge in [-0.15, -0.1) is 0 Å². The molecular formula is C24H24F6N2O5. The molecule has 2 amide bonds. The third-order valence-electron chi connectivity index (χ3n) is 5.62. The van der Waals surface area contributed by atoms with E-state index in [0.29, 0.717) is 5.56 Å². The van der Waals surface area contributed by atoms with Crippen LogP contribution in [0.5, 0.6) is 17.2 Å². The number of hydrogen-bond donors (Lipinski definition) is 2. The van der Waals surface area contributed by atoms with Gasteiger partial charge < -0.3 is 24.8 Å². The van der Waals surface area contributed by atoms with Crippen LogP contribution >= 0.6 is 0 Å². The predicted octanol–water partition coefficient (Wildman–Crippen LogP) is 4.74. The Morgan fingerprint density at radius 1 is 0.973 bits per heavy atom. The van der Waals surface area contributed by atoms with Crippen molar-refractivity contribution in [1.82, 2.24) is 10.6 Å². The van der Waals surface area contributed by atoms with Crippen LogP contribution in [0.2, 0.25) is 0 Å². The van der Waals surface area contributed by atoms with Gasteiger partial charge >= 0.3 is 12.4 Å². The highest BCUT2D eigenvalue weighted by Gasteiger charge is 2.43. The van der Waals surface area contributed by atoms with Crippen molar-refractivity contribution < 1.29 is 50.1 Å². The molecule has 202 valence electrons. The molecule has 1 aliphatic rings. The fourth-order valence-electron chi connectivity index (χ4n) is 3.72. The summed E-state index contributed by atoms with van der Waals surface area (Å²) in [6.45, 7) is 0.112. The zero-order valence-electron chi connectivity index (χ0n) is 19.6. The Morgan fingerprint density at radius 3 is 2.16 bits per heavy atom. The van der Waals surface area contributed by atoms with Crippen LogP contribution in [0, 0.1) is 0 Å². The molecule has 3 rings (SSSR count). The SMILES string of the molecule is COc1ccc(Oc2ccc(CNC(=O)C3(NC(=O)CC(F)(F)F)CCOCC3)cc2)c(C(F)(F)F)c1. The van der Waals surface area contributed by atoms with Gasteiger partial charge in [0.15, 0.2) is 0 Å². The molecule has 7 nitrogen and oxygen atoms in total. The van der Waals surface area contributed by atoms with Gasteiger partial charge in [0.05, 0.1) is 7.11 Å². The third kappa shape index (κ3) is 7.75. The molecule has 0 saturated carbocycles. The highest BCUT2D eigenvalue weighted by Crippen LogP contribution is 2.40. The first-order valence-corrected chi connectivity index (χ1v) is 11.1. The molecular weight excluding hydrogens is 510 g/mol. The number of methoxy groups -OCH3 is 1. The number of ether oxygens (including phenoxy) is 3. The van der Waals surface area contributed by atoms with Gasteiger partial charge in [-0.05, 0) is 35.9 Å². The predicted molar refractivity (Wildman–Crippen MR) is 118 cm³/mol. The summed E-state index contributed by atoms with van der Waals surface area (Å²) in [4.78, 5) is 24.8. The summed E-state index contributed by atoms with van der Waals surface area (Å²) in [5.41, 5.74) is -2.03. The van der Waals surface area contributed by atoms with Crippen molar-refractivity contribution >= 4 is 11.8 Å². The first-order chi connectivity index (χ1) is 17.3. The van der Waals surface area contributed by atoms with E-state index in [1.54, 1.807) is 0 Å². The Bertz CT molecular complexity index is 1100. The number of benzene rings is 2. The average Bonchev–Trinajstić information content (AvgIpc) is 2.82. The Balaban J connectivity index is 1.66. The molecule has 1 heterocycles. The maximum Gasteiger partial charge on any atom is 0.420 e. The molecule has 2 N–H and O–H groups in total. The first kappa shape index (κ1) is 28.1. The highest BCUT2D eigenvalue weighted by molar-refractivity contribution is 5.91. The summed E-state index contributed by atoms with van der Waals surface area (Å²) >= 11 is 0. The van der Waals surface area contributed by atoms with Gasteiger partial charge in [0.2, 0.25) is 11.8 Å². The first-order valence-electron chi connectivity index (χ1n) is 11.1. The van der Waals surface area contributed by atoms with E-state index in [1.165, 1.54) is 37.4 Å². The topological polar surface area (TPSA) is 85.9 Å². The number of carbonyl (C=O) groups excluding carboxylic acids is 2. The molecule has 0 bridgehead atoms. The Hall–Kier alpha value is -3.48. The van der Waals surface area contributed by atoms with Crippen LogP contribution in [-0.4, -0.2) is 43.9 Å². The van der Waals surface area contributed by atoms with Gasteiger partial charge in [-0.1, -0.05) is 12.1 Å². The Labute approximate surface area is 208 Å². The van der Waals surface area contributed by atoms with Gasteiger partial charge in [0, 0.05) is 32.6 Å². The summed E-state index contributed by atoms with van der Waals surface area (Å²) in [6, 6.07) is 9.10. The van der Waals surface area contributed by atoms with Crippen LogP contribution < -0.4 is 20.1 Å². The molecule has 0 spiro atoms. The normalized spacial score (nSPS) is 15.5. The molecule has 1 fully saturated rings. The largest absolute Gasteiger partial charge is 0.497 e. The summed E-state index contributed by atoms with van der Waals surface area (Å²) in [6.07, 6.45) is -11.1. The van der Waals surface area contributed by atoms with Crippen LogP contribution in [0.3, 0.4) is 0 Å². The highest BCUT2D eigenvalue weighted by atomic mass is 19.4. The number of carbonyl (C=O) groups is 2. The number of alkyl halides is 6. The van der Waals surface area contributed by atoms with E-state index in [9.17, 15) is 35.9 Å². The van der Waals surface area contributed by atoms with E-state index >= 15 is 0 Å². The minimum atomic E-state index is -4.72. The van der Waals surface area contributed by atoms with E-state index in [-0.39, 0.29) is 44.1 Å². The van der Waals surface area contributed by atoms with Crippen molar-refractivity contribution in [2.75, 3.05) is 20.3 Å². The maximum absolute atomic E-state index is 13.4. The maximum atomic E-state index is 13.4. The van der Waals surface area contributed by atoms with E-state index in [4.69, 9.17) is 14.2 Å². The summed E-state index contributed by atoms with van der Waals surface area (Å²) in [5.74, 6) is -2.29. The third-order valence-corrected chi connectivity index (χ3v) is 5.62. The van der Waals surface area contributed by atoms with E-state index in [1.807, 2.05) is 0 Å². The number of hydrogen-bond acceptors (Lipinski definition) is 5. The number of nitrogens with one attached hydrogen (secondary N) is 2. The van der Waals surface area contributed by atoms with Gasteiger partial charge in [-0.2, -0.15) is 26.3 Å². The van der Waals surface area contributed by atoms with Crippen LogP contribution in [0.4, 0.5) is 26.3 Å². The van der Waals surface area contributed by atoms with Gasteiger partial charge in [-0.3, -0.25) is 9.59 Å². The molecule has 37 heavy (non-hydrogen) atoms. The minimum absolute atomic E-state index is 0.00138. The molecule has 0 aromatic heterocycles. The second kappa shape index (κ2) is 11.3. The molecule has 0 atom stereocenters. The molecule has 1 aliphatic heterocycles. The van der Waals surface area contributed by atoms with E-state index in [0.717, 1.165) is 12.1 Å². The number of amides is 2.